The Kier molecular flexibility index (Phi) is 5.00. The molecular weight excluding hydrogens is 288 g/mol. The van der Waals surface area contributed by atoms with Gasteiger partial charge in [0.1, 0.15) is 0 Å². The van der Waals surface area contributed by atoms with Gasteiger partial charge >= 0.3 is 5.97 Å². The van der Waals surface area contributed by atoms with Crippen molar-refractivity contribution in [2.75, 3.05) is 19.6 Å². The van der Waals surface area contributed by atoms with Gasteiger partial charge in [-0.25, -0.2) is 0 Å². The molecule has 0 bridgehead atoms. The molecule has 0 radical (unpaired) electrons. The molecule has 2 atom stereocenters. The largest absolute Gasteiger partial charge is 0.481 e. The third-order valence-electron chi connectivity index (χ3n) is 4.28. The summed E-state index contributed by atoms with van der Waals surface area (Å²) in [6, 6.07) is 3.96. The third-order valence-corrected chi connectivity index (χ3v) is 5.33. The fraction of sp³-hybridized carbons (Fsp3) is 0.600. The van der Waals surface area contributed by atoms with Crippen molar-refractivity contribution in [2.24, 2.45) is 5.41 Å². The van der Waals surface area contributed by atoms with Gasteiger partial charge in [0.05, 0.1) is 18.0 Å². The predicted molar refractivity (Wildman–Crippen MR) is 82.3 cm³/mol. The molecule has 0 saturated carbocycles. The van der Waals surface area contributed by atoms with E-state index in [0.29, 0.717) is 25.9 Å². The van der Waals surface area contributed by atoms with Gasteiger partial charge in [0.2, 0.25) is 5.91 Å². The van der Waals surface area contributed by atoms with Gasteiger partial charge in [-0.3, -0.25) is 14.5 Å². The maximum absolute atomic E-state index is 12.1. The minimum absolute atomic E-state index is 0.00416. The number of carboxylic acid groups (broad SMARTS) is 1. The van der Waals surface area contributed by atoms with Crippen LogP contribution in [0.4, 0.5) is 0 Å². The van der Waals surface area contributed by atoms with Crippen LogP contribution < -0.4 is 5.32 Å². The molecule has 1 saturated heterocycles. The number of nitrogens with one attached hydrogen (secondary N) is 1. The summed E-state index contributed by atoms with van der Waals surface area (Å²) in [6.45, 7) is 5.25. The zero-order valence-corrected chi connectivity index (χ0v) is 13.3. The van der Waals surface area contributed by atoms with Crippen LogP contribution >= 0.6 is 11.3 Å². The average Bonchev–Trinajstić information content (AvgIpc) is 3.08. The second kappa shape index (κ2) is 6.58. The molecule has 1 aromatic heterocycles. The molecule has 1 aromatic rings. The van der Waals surface area contributed by atoms with Crippen molar-refractivity contribution in [3.63, 3.8) is 0 Å². The highest BCUT2D eigenvalue weighted by Gasteiger charge is 2.43. The van der Waals surface area contributed by atoms with E-state index in [1.807, 2.05) is 36.3 Å². The number of carbonyl (C=O) groups excluding carboxylic acids is 1. The van der Waals surface area contributed by atoms with Gasteiger partial charge in [0, 0.05) is 11.4 Å². The smallest absolute Gasteiger partial charge is 0.310 e. The molecule has 0 aromatic carbocycles. The van der Waals surface area contributed by atoms with E-state index in [0.717, 1.165) is 4.88 Å². The van der Waals surface area contributed by atoms with Crippen LogP contribution in [0.5, 0.6) is 0 Å². The summed E-state index contributed by atoms with van der Waals surface area (Å²) in [7, 11) is 0. The summed E-state index contributed by atoms with van der Waals surface area (Å²) in [5, 5.41) is 14.3. The van der Waals surface area contributed by atoms with Crippen LogP contribution in [0, 0.1) is 5.41 Å². The van der Waals surface area contributed by atoms with E-state index >= 15 is 0 Å². The summed E-state index contributed by atoms with van der Waals surface area (Å²) in [4.78, 5) is 26.5. The van der Waals surface area contributed by atoms with E-state index in [2.05, 4.69) is 5.32 Å². The monoisotopic (exact) mass is 310 g/mol. The summed E-state index contributed by atoms with van der Waals surface area (Å²) in [6.07, 6.45) is 1.22. The first-order chi connectivity index (χ1) is 9.97. The summed E-state index contributed by atoms with van der Waals surface area (Å²) in [5.41, 5.74) is -0.681. The molecular formula is C15H22N2O3S. The van der Waals surface area contributed by atoms with Crippen LogP contribution in [0.25, 0.3) is 0 Å². The first-order valence-corrected chi connectivity index (χ1v) is 8.13. The molecule has 5 nitrogen and oxygen atoms in total. The number of rotatable bonds is 6. The van der Waals surface area contributed by atoms with Crippen molar-refractivity contribution in [1.29, 1.82) is 0 Å². The van der Waals surface area contributed by atoms with Gasteiger partial charge in [-0.05, 0) is 37.8 Å². The fourth-order valence-electron chi connectivity index (χ4n) is 2.81. The number of aliphatic carboxylic acids is 1. The van der Waals surface area contributed by atoms with Crippen molar-refractivity contribution < 1.29 is 14.7 Å². The average molecular weight is 310 g/mol. The Balaban J connectivity index is 1.85. The molecule has 0 spiro atoms. The Bertz CT molecular complexity index is 503. The molecule has 2 unspecified atom stereocenters. The third kappa shape index (κ3) is 3.63. The number of carboxylic acids is 1. The number of amides is 1. The van der Waals surface area contributed by atoms with Gasteiger partial charge in [-0.1, -0.05) is 13.0 Å². The maximum atomic E-state index is 12.1. The Morgan fingerprint density at radius 1 is 1.57 bits per heavy atom. The molecule has 1 aliphatic rings. The molecule has 6 heteroatoms. The maximum Gasteiger partial charge on any atom is 0.310 e. The lowest BCUT2D eigenvalue weighted by atomic mass is 9.84. The second-order valence-corrected chi connectivity index (χ2v) is 6.68. The number of likely N-dealkylation sites (tertiary alicyclic amines) is 1. The quantitative estimate of drug-likeness (QED) is 0.844. The SMILES string of the molecule is CCC1(C(=O)O)CCN(CC(=O)NC(C)c2cccs2)C1. The van der Waals surface area contributed by atoms with E-state index < -0.39 is 11.4 Å². The highest BCUT2D eigenvalue weighted by atomic mass is 32.1. The molecule has 2 N–H and O–H groups in total. The Morgan fingerprint density at radius 3 is 2.86 bits per heavy atom. The van der Waals surface area contributed by atoms with E-state index in [-0.39, 0.29) is 18.5 Å². The minimum atomic E-state index is -0.750. The van der Waals surface area contributed by atoms with Crippen LogP contribution in [0.1, 0.15) is 37.6 Å². The first kappa shape index (κ1) is 16.0. The number of thiophene rings is 1. The summed E-state index contributed by atoms with van der Waals surface area (Å²) < 4.78 is 0. The van der Waals surface area contributed by atoms with E-state index in [1.165, 1.54) is 0 Å². The Morgan fingerprint density at radius 2 is 2.33 bits per heavy atom. The van der Waals surface area contributed by atoms with E-state index in [4.69, 9.17) is 0 Å². The highest BCUT2D eigenvalue weighted by molar-refractivity contribution is 7.10. The molecule has 2 rings (SSSR count). The minimum Gasteiger partial charge on any atom is -0.481 e. The fourth-order valence-corrected chi connectivity index (χ4v) is 3.54. The highest BCUT2D eigenvalue weighted by Crippen LogP contribution is 2.33. The number of hydrogen-bond acceptors (Lipinski definition) is 4. The zero-order chi connectivity index (χ0) is 15.5. The molecule has 21 heavy (non-hydrogen) atoms. The van der Waals surface area contributed by atoms with Crippen molar-refractivity contribution >= 4 is 23.2 Å². The molecule has 0 aliphatic carbocycles. The van der Waals surface area contributed by atoms with Crippen molar-refractivity contribution in [2.45, 2.75) is 32.7 Å². The predicted octanol–water partition coefficient (Wildman–Crippen LogP) is 2.11. The number of nitrogens with zero attached hydrogens (tertiary/aromatic N) is 1. The normalized spacial score (nSPS) is 23.9. The standard InChI is InChI=1S/C15H22N2O3S/c1-3-15(14(19)20)6-7-17(10-15)9-13(18)16-11(2)12-5-4-8-21-12/h4-5,8,11H,3,6-7,9-10H2,1-2H3,(H,16,18)(H,19,20). The van der Waals surface area contributed by atoms with E-state index in [1.54, 1.807) is 11.3 Å². The first-order valence-electron chi connectivity index (χ1n) is 7.25. The lowest BCUT2D eigenvalue weighted by Crippen LogP contribution is -2.39. The molecule has 116 valence electrons. The van der Waals surface area contributed by atoms with Crippen LogP contribution in [-0.2, 0) is 9.59 Å². The van der Waals surface area contributed by atoms with Gasteiger partial charge in [0.15, 0.2) is 0 Å². The van der Waals surface area contributed by atoms with Gasteiger partial charge in [-0.2, -0.15) is 0 Å². The van der Waals surface area contributed by atoms with Gasteiger partial charge < -0.3 is 10.4 Å². The van der Waals surface area contributed by atoms with Crippen molar-refractivity contribution in [3.8, 4) is 0 Å². The van der Waals surface area contributed by atoms with Crippen molar-refractivity contribution in [3.05, 3.63) is 22.4 Å². The van der Waals surface area contributed by atoms with Crippen LogP contribution in [0.15, 0.2) is 17.5 Å². The molecule has 1 aliphatic heterocycles. The van der Waals surface area contributed by atoms with Crippen LogP contribution in [-0.4, -0.2) is 41.5 Å². The van der Waals surface area contributed by atoms with Gasteiger partial charge in [-0.15, -0.1) is 11.3 Å². The zero-order valence-electron chi connectivity index (χ0n) is 12.5. The van der Waals surface area contributed by atoms with E-state index in [9.17, 15) is 14.7 Å². The molecule has 2 heterocycles. The number of carbonyl (C=O) groups is 2. The van der Waals surface area contributed by atoms with Crippen LogP contribution in [0.3, 0.4) is 0 Å². The lowest BCUT2D eigenvalue weighted by Gasteiger charge is -2.23. The Labute approximate surface area is 129 Å². The topological polar surface area (TPSA) is 69.6 Å². The van der Waals surface area contributed by atoms with Crippen molar-refractivity contribution in [1.82, 2.24) is 10.2 Å². The molecule has 1 amide bonds. The molecule has 1 fully saturated rings. The number of hydrogen-bond donors (Lipinski definition) is 2. The second-order valence-electron chi connectivity index (χ2n) is 5.70. The Hall–Kier alpha value is -1.40. The van der Waals surface area contributed by atoms with Gasteiger partial charge in [0.25, 0.3) is 0 Å². The lowest BCUT2D eigenvalue weighted by molar-refractivity contribution is -0.148. The summed E-state index contributed by atoms with van der Waals surface area (Å²) in [5.74, 6) is -0.798. The van der Waals surface area contributed by atoms with Crippen LogP contribution in [0.2, 0.25) is 0 Å². The summed E-state index contributed by atoms with van der Waals surface area (Å²) >= 11 is 1.62.